The van der Waals surface area contributed by atoms with Crippen LogP contribution in [0.15, 0.2) is 59.6 Å². The van der Waals surface area contributed by atoms with Crippen LogP contribution in [0.3, 0.4) is 0 Å². The first-order valence-electron chi connectivity index (χ1n) is 8.33. The van der Waals surface area contributed by atoms with Gasteiger partial charge in [0.15, 0.2) is 0 Å². The minimum Gasteiger partial charge on any atom is -0.322 e. The zero-order valence-corrected chi connectivity index (χ0v) is 16.9. The van der Waals surface area contributed by atoms with Gasteiger partial charge >= 0.3 is 0 Å². The van der Waals surface area contributed by atoms with E-state index in [2.05, 4.69) is 20.0 Å². The van der Waals surface area contributed by atoms with Gasteiger partial charge in [0, 0.05) is 29.2 Å². The van der Waals surface area contributed by atoms with Gasteiger partial charge in [0.2, 0.25) is 5.95 Å². The summed E-state index contributed by atoms with van der Waals surface area (Å²) < 4.78 is 27.2. The van der Waals surface area contributed by atoms with Gasteiger partial charge in [0.25, 0.3) is 21.6 Å². The third kappa shape index (κ3) is 4.88. The first-order valence-corrected chi connectivity index (χ1v) is 10.2. The predicted octanol–water partition coefficient (Wildman–Crippen LogP) is 3.40. The molecule has 30 heavy (non-hydrogen) atoms. The molecule has 12 heteroatoms. The van der Waals surface area contributed by atoms with E-state index >= 15 is 0 Å². The monoisotopic (exact) mass is 447 g/mol. The Balaban J connectivity index is 1.75. The lowest BCUT2D eigenvalue weighted by atomic mass is 10.2. The minimum absolute atomic E-state index is 0.0288. The van der Waals surface area contributed by atoms with Crippen LogP contribution in [0.4, 0.5) is 17.3 Å². The van der Waals surface area contributed by atoms with Crippen molar-refractivity contribution in [1.29, 1.82) is 0 Å². The number of carbonyl (C=O) groups is 1. The molecule has 0 bridgehead atoms. The molecule has 1 aromatic heterocycles. The first-order chi connectivity index (χ1) is 14.2. The van der Waals surface area contributed by atoms with Crippen molar-refractivity contribution in [1.82, 2.24) is 9.97 Å². The van der Waals surface area contributed by atoms with Crippen molar-refractivity contribution < 1.29 is 18.1 Å². The van der Waals surface area contributed by atoms with E-state index in [9.17, 15) is 23.3 Å². The second kappa shape index (κ2) is 8.43. The van der Waals surface area contributed by atoms with Gasteiger partial charge in [-0.1, -0.05) is 11.6 Å². The number of nitrogens with one attached hydrogen (secondary N) is 2. The molecule has 0 spiro atoms. The Labute approximate surface area is 176 Å². The molecule has 0 saturated heterocycles. The summed E-state index contributed by atoms with van der Waals surface area (Å²) in [7, 11) is -3.92. The third-order valence-corrected chi connectivity index (χ3v) is 5.51. The van der Waals surface area contributed by atoms with Crippen molar-refractivity contribution in [3.63, 3.8) is 0 Å². The Morgan fingerprint density at radius 3 is 2.47 bits per heavy atom. The zero-order valence-electron chi connectivity index (χ0n) is 15.4. The van der Waals surface area contributed by atoms with Crippen molar-refractivity contribution in [3.8, 4) is 0 Å². The summed E-state index contributed by atoms with van der Waals surface area (Å²) in [5.41, 5.74) is 0.530. The number of rotatable bonds is 6. The van der Waals surface area contributed by atoms with E-state index in [0.29, 0.717) is 11.4 Å². The molecule has 0 aliphatic heterocycles. The fraction of sp³-hybridized carbons (Fsp3) is 0.0556. The standard InChI is InChI=1S/C18H14ClN5O5S/c1-11-8-9-20-18(21-11)23-30(28,29)14-5-3-13(4-6-14)22-17(25)12-2-7-15(19)16(10-12)24(26)27/h2-10H,1H3,(H,22,25)(H,20,21,23). The van der Waals surface area contributed by atoms with Crippen LogP contribution in [0.2, 0.25) is 5.02 Å². The van der Waals surface area contributed by atoms with Crippen LogP contribution in [-0.2, 0) is 10.0 Å². The van der Waals surface area contributed by atoms with E-state index in [1.165, 1.54) is 42.6 Å². The third-order valence-electron chi connectivity index (χ3n) is 3.85. The molecule has 0 unspecified atom stereocenters. The molecule has 0 aliphatic carbocycles. The molecule has 0 atom stereocenters. The maximum atomic E-state index is 12.4. The number of carbonyl (C=O) groups excluding carboxylic acids is 1. The molecule has 1 heterocycles. The molecular weight excluding hydrogens is 434 g/mol. The number of sulfonamides is 1. The maximum Gasteiger partial charge on any atom is 0.288 e. The Kier molecular flexibility index (Phi) is 5.94. The van der Waals surface area contributed by atoms with Gasteiger partial charge < -0.3 is 5.32 Å². The fourth-order valence-electron chi connectivity index (χ4n) is 2.39. The van der Waals surface area contributed by atoms with Gasteiger partial charge in [0.05, 0.1) is 9.82 Å². The number of nitrogens with zero attached hydrogens (tertiary/aromatic N) is 3. The smallest absolute Gasteiger partial charge is 0.288 e. The number of nitro groups is 1. The Bertz CT molecular complexity index is 1230. The summed E-state index contributed by atoms with van der Waals surface area (Å²) in [6.07, 6.45) is 1.43. The number of aromatic nitrogens is 2. The van der Waals surface area contributed by atoms with Crippen molar-refractivity contribution >= 4 is 44.9 Å². The SMILES string of the molecule is Cc1ccnc(NS(=O)(=O)c2ccc(NC(=O)c3ccc(Cl)c([N+](=O)[O-])c3)cc2)n1. The number of benzene rings is 2. The van der Waals surface area contributed by atoms with Crippen LogP contribution in [0, 0.1) is 17.0 Å². The van der Waals surface area contributed by atoms with E-state index in [4.69, 9.17) is 11.6 Å². The molecular formula is C18H14ClN5O5S. The number of halogens is 1. The number of amides is 1. The van der Waals surface area contributed by atoms with Crippen LogP contribution in [0.1, 0.15) is 16.1 Å². The molecule has 0 radical (unpaired) electrons. The van der Waals surface area contributed by atoms with Crippen LogP contribution in [0.5, 0.6) is 0 Å². The van der Waals surface area contributed by atoms with E-state index in [0.717, 1.165) is 6.07 Å². The molecule has 3 aromatic rings. The predicted molar refractivity (Wildman–Crippen MR) is 110 cm³/mol. The lowest BCUT2D eigenvalue weighted by molar-refractivity contribution is -0.384. The molecule has 0 aliphatic rings. The van der Waals surface area contributed by atoms with Gasteiger partial charge in [-0.2, -0.15) is 0 Å². The molecule has 154 valence electrons. The molecule has 0 saturated carbocycles. The molecule has 10 nitrogen and oxygen atoms in total. The number of aryl methyl sites for hydroxylation is 1. The van der Waals surface area contributed by atoms with Crippen molar-refractivity contribution in [2.75, 3.05) is 10.0 Å². The molecule has 2 N–H and O–H groups in total. The highest BCUT2D eigenvalue weighted by molar-refractivity contribution is 7.92. The lowest BCUT2D eigenvalue weighted by Gasteiger charge is -2.09. The number of hydrogen-bond acceptors (Lipinski definition) is 7. The molecule has 2 aromatic carbocycles. The number of hydrogen-bond donors (Lipinski definition) is 2. The summed E-state index contributed by atoms with van der Waals surface area (Å²) >= 11 is 5.74. The maximum absolute atomic E-state index is 12.4. The van der Waals surface area contributed by atoms with Gasteiger partial charge in [-0.3, -0.25) is 14.9 Å². The van der Waals surface area contributed by atoms with E-state index in [-0.39, 0.29) is 21.4 Å². The molecule has 1 amide bonds. The second-order valence-electron chi connectivity index (χ2n) is 6.03. The average Bonchev–Trinajstić information content (AvgIpc) is 2.68. The van der Waals surface area contributed by atoms with E-state index in [1.807, 2.05) is 0 Å². The summed E-state index contributed by atoms with van der Waals surface area (Å²) in [6, 6.07) is 10.6. The highest BCUT2D eigenvalue weighted by atomic mass is 35.5. The Morgan fingerprint density at radius 2 is 1.83 bits per heavy atom. The Morgan fingerprint density at radius 1 is 1.13 bits per heavy atom. The van der Waals surface area contributed by atoms with Crippen LogP contribution in [-0.4, -0.2) is 29.2 Å². The molecule has 3 rings (SSSR count). The van der Waals surface area contributed by atoms with Crippen molar-refractivity contribution in [2.24, 2.45) is 0 Å². The van der Waals surface area contributed by atoms with Gasteiger partial charge in [-0.05, 0) is 49.4 Å². The quantitative estimate of drug-likeness (QED) is 0.435. The van der Waals surface area contributed by atoms with Crippen LogP contribution in [0.25, 0.3) is 0 Å². The van der Waals surface area contributed by atoms with Gasteiger partial charge in [-0.25, -0.2) is 23.1 Å². The minimum atomic E-state index is -3.92. The van der Waals surface area contributed by atoms with E-state index in [1.54, 1.807) is 13.0 Å². The number of anilines is 2. The highest BCUT2D eigenvalue weighted by Gasteiger charge is 2.18. The summed E-state index contributed by atoms with van der Waals surface area (Å²) in [5, 5.41) is 13.4. The summed E-state index contributed by atoms with van der Waals surface area (Å²) in [4.78, 5) is 30.4. The van der Waals surface area contributed by atoms with Crippen molar-refractivity contribution in [3.05, 3.63) is 81.1 Å². The second-order valence-corrected chi connectivity index (χ2v) is 8.12. The Hall–Kier alpha value is -3.57. The average molecular weight is 448 g/mol. The van der Waals surface area contributed by atoms with Gasteiger partial charge in [0.1, 0.15) is 5.02 Å². The molecule has 0 fully saturated rings. The normalized spacial score (nSPS) is 11.0. The summed E-state index contributed by atoms with van der Waals surface area (Å²) in [5.74, 6) is -0.673. The van der Waals surface area contributed by atoms with Crippen molar-refractivity contribution in [2.45, 2.75) is 11.8 Å². The fourth-order valence-corrected chi connectivity index (χ4v) is 3.53. The van der Waals surface area contributed by atoms with Gasteiger partial charge in [-0.15, -0.1) is 0 Å². The number of nitro benzene ring substituents is 1. The lowest BCUT2D eigenvalue weighted by Crippen LogP contribution is -2.16. The summed E-state index contributed by atoms with van der Waals surface area (Å²) in [6.45, 7) is 1.70. The zero-order chi connectivity index (χ0) is 21.9. The topological polar surface area (TPSA) is 144 Å². The first kappa shape index (κ1) is 21.1. The van der Waals surface area contributed by atoms with E-state index < -0.39 is 26.5 Å². The largest absolute Gasteiger partial charge is 0.322 e. The highest BCUT2D eigenvalue weighted by Crippen LogP contribution is 2.25. The van der Waals surface area contributed by atoms with Crippen LogP contribution < -0.4 is 10.0 Å². The van der Waals surface area contributed by atoms with Crippen LogP contribution >= 0.6 is 11.6 Å².